The van der Waals surface area contributed by atoms with E-state index < -0.39 is 12.6 Å². The predicted molar refractivity (Wildman–Crippen MR) is 110 cm³/mol. The van der Waals surface area contributed by atoms with Crippen LogP contribution in [-0.4, -0.2) is 29.3 Å². The van der Waals surface area contributed by atoms with Gasteiger partial charge in [-0.2, -0.15) is 10.1 Å². The van der Waals surface area contributed by atoms with E-state index in [0.29, 0.717) is 28.3 Å². The lowest BCUT2D eigenvalue weighted by atomic mass is 10.1. The van der Waals surface area contributed by atoms with Gasteiger partial charge >= 0.3 is 5.97 Å². The number of carbonyl (C=O) groups is 2. The molecule has 1 aliphatic heterocycles. The molecule has 2 aromatic rings. The number of carboxylic acid groups (broad SMARTS) is 1. The maximum Gasteiger partial charge on any atom is 0.341 e. The zero-order valence-corrected chi connectivity index (χ0v) is 17.3. The molecular weight excluding hydrogens is 480 g/mol. The van der Waals surface area contributed by atoms with Crippen molar-refractivity contribution in [3.63, 3.8) is 0 Å². The lowest BCUT2D eigenvalue weighted by Gasteiger charge is -2.12. The third-order valence-electron chi connectivity index (χ3n) is 3.74. The third kappa shape index (κ3) is 4.45. The van der Waals surface area contributed by atoms with Crippen LogP contribution in [0.4, 0.5) is 5.69 Å². The molecule has 1 N–H and O–H groups in total. The van der Waals surface area contributed by atoms with Crippen LogP contribution >= 0.6 is 31.9 Å². The molecule has 3 rings (SSSR count). The first-order valence-corrected chi connectivity index (χ1v) is 9.45. The van der Waals surface area contributed by atoms with Gasteiger partial charge in [-0.25, -0.2) is 4.79 Å². The molecule has 2 aromatic carbocycles. The first-order chi connectivity index (χ1) is 12.8. The van der Waals surface area contributed by atoms with E-state index in [2.05, 4.69) is 37.0 Å². The Labute approximate surface area is 172 Å². The molecule has 1 aliphatic rings. The van der Waals surface area contributed by atoms with E-state index in [1.807, 2.05) is 12.1 Å². The fourth-order valence-corrected chi connectivity index (χ4v) is 3.29. The lowest BCUT2D eigenvalue weighted by molar-refractivity contribution is -0.139. The van der Waals surface area contributed by atoms with Crippen LogP contribution in [0.3, 0.4) is 0 Å². The summed E-state index contributed by atoms with van der Waals surface area (Å²) in [5.74, 6) is -0.976. The molecule has 0 aliphatic carbocycles. The van der Waals surface area contributed by atoms with Crippen LogP contribution in [0, 0.1) is 0 Å². The van der Waals surface area contributed by atoms with E-state index >= 15 is 0 Å². The largest absolute Gasteiger partial charge is 0.481 e. The van der Waals surface area contributed by atoms with Gasteiger partial charge in [-0.05, 0) is 49.4 Å². The van der Waals surface area contributed by atoms with E-state index in [1.54, 1.807) is 43.3 Å². The number of hydrazone groups is 1. The van der Waals surface area contributed by atoms with E-state index in [0.717, 1.165) is 8.95 Å². The van der Waals surface area contributed by atoms with E-state index in [-0.39, 0.29) is 5.91 Å². The minimum Gasteiger partial charge on any atom is -0.481 e. The minimum atomic E-state index is -1.08. The fourth-order valence-electron chi connectivity index (χ4n) is 2.53. The van der Waals surface area contributed by atoms with Gasteiger partial charge in [-0.1, -0.05) is 37.9 Å². The number of amides is 1. The number of carboxylic acids is 1. The van der Waals surface area contributed by atoms with Crippen molar-refractivity contribution in [2.75, 3.05) is 11.6 Å². The molecule has 1 amide bonds. The van der Waals surface area contributed by atoms with Crippen molar-refractivity contribution < 1.29 is 19.4 Å². The summed E-state index contributed by atoms with van der Waals surface area (Å²) in [6, 6.07) is 12.4. The Morgan fingerprint density at radius 2 is 1.96 bits per heavy atom. The average Bonchev–Trinajstić information content (AvgIpc) is 2.89. The van der Waals surface area contributed by atoms with Crippen molar-refractivity contribution in [2.45, 2.75) is 6.92 Å². The number of carbonyl (C=O) groups excluding carboxylic acids is 1. The fraction of sp³-hybridized carbons (Fsp3) is 0.105. The maximum atomic E-state index is 12.9. The van der Waals surface area contributed by atoms with Crippen molar-refractivity contribution in [1.29, 1.82) is 0 Å². The van der Waals surface area contributed by atoms with Crippen LogP contribution in [0.25, 0.3) is 6.08 Å². The smallest absolute Gasteiger partial charge is 0.341 e. The van der Waals surface area contributed by atoms with E-state index in [9.17, 15) is 9.59 Å². The maximum absolute atomic E-state index is 12.9. The van der Waals surface area contributed by atoms with Gasteiger partial charge in [0.15, 0.2) is 6.61 Å². The topological polar surface area (TPSA) is 79.2 Å². The van der Waals surface area contributed by atoms with Gasteiger partial charge in [-0.3, -0.25) is 4.79 Å². The van der Waals surface area contributed by atoms with Crippen molar-refractivity contribution in [3.8, 4) is 5.75 Å². The number of hydrogen-bond acceptors (Lipinski definition) is 4. The van der Waals surface area contributed by atoms with Gasteiger partial charge in [0, 0.05) is 14.5 Å². The average molecular weight is 494 g/mol. The Morgan fingerprint density at radius 3 is 2.67 bits per heavy atom. The van der Waals surface area contributed by atoms with Crippen LogP contribution in [0.1, 0.15) is 12.5 Å². The second kappa shape index (κ2) is 8.06. The van der Waals surface area contributed by atoms with Gasteiger partial charge < -0.3 is 9.84 Å². The summed E-state index contributed by atoms with van der Waals surface area (Å²) in [6.07, 6.45) is 1.65. The predicted octanol–water partition coefficient (Wildman–Crippen LogP) is 4.48. The summed E-state index contributed by atoms with van der Waals surface area (Å²) < 4.78 is 6.95. The van der Waals surface area contributed by atoms with Gasteiger partial charge in [-0.15, -0.1) is 0 Å². The zero-order chi connectivity index (χ0) is 19.6. The highest BCUT2D eigenvalue weighted by atomic mass is 79.9. The summed E-state index contributed by atoms with van der Waals surface area (Å²) in [5.41, 5.74) is 2.20. The Morgan fingerprint density at radius 1 is 1.22 bits per heavy atom. The molecule has 6 nitrogen and oxygen atoms in total. The van der Waals surface area contributed by atoms with Gasteiger partial charge in [0.2, 0.25) is 0 Å². The van der Waals surface area contributed by atoms with Crippen LogP contribution in [0.15, 0.2) is 62.1 Å². The van der Waals surface area contributed by atoms with Crippen LogP contribution < -0.4 is 9.75 Å². The number of halogens is 2. The summed E-state index contributed by atoms with van der Waals surface area (Å²) in [4.78, 5) is 23.7. The molecular formula is C19H14Br2N2O4. The molecule has 0 radical (unpaired) electrons. The molecule has 0 saturated heterocycles. The highest BCUT2D eigenvalue weighted by molar-refractivity contribution is 9.10. The van der Waals surface area contributed by atoms with Gasteiger partial charge in [0.25, 0.3) is 5.91 Å². The number of anilines is 1. The number of rotatable bonds is 5. The standard InChI is InChI=1S/C19H14Br2N2O4/c1-11-16(19(26)23(22-11)15-4-2-3-13(20)9-15)8-12-7-14(21)5-6-17(12)27-10-18(24)25/h2-9H,10H2,1H3,(H,24,25)/b16-8+. The first-order valence-electron chi connectivity index (χ1n) is 7.86. The number of aliphatic carboxylic acids is 1. The van der Waals surface area contributed by atoms with Gasteiger partial charge in [0.1, 0.15) is 5.75 Å². The van der Waals surface area contributed by atoms with Crippen LogP contribution in [-0.2, 0) is 9.59 Å². The van der Waals surface area contributed by atoms with Crippen molar-refractivity contribution in [1.82, 2.24) is 0 Å². The number of ether oxygens (including phenoxy) is 1. The molecule has 27 heavy (non-hydrogen) atoms. The number of benzene rings is 2. The Balaban J connectivity index is 1.96. The minimum absolute atomic E-state index is 0.269. The Hall–Kier alpha value is -2.45. The van der Waals surface area contributed by atoms with Gasteiger partial charge in [0.05, 0.1) is 17.0 Å². The quantitative estimate of drug-likeness (QED) is 0.622. The van der Waals surface area contributed by atoms with Crippen molar-refractivity contribution in [3.05, 3.63) is 62.5 Å². The Bertz CT molecular complexity index is 985. The summed E-state index contributed by atoms with van der Waals surface area (Å²) in [7, 11) is 0. The third-order valence-corrected chi connectivity index (χ3v) is 4.72. The van der Waals surface area contributed by atoms with E-state index in [4.69, 9.17) is 9.84 Å². The highest BCUT2D eigenvalue weighted by Gasteiger charge is 2.29. The van der Waals surface area contributed by atoms with E-state index in [1.165, 1.54) is 5.01 Å². The molecule has 138 valence electrons. The molecule has 0 aromatic heterocycles. The lowest BCUT2D eigenvalue weighted by Crippen LogP contribution is -2.21. The monoisotopic (exact) mass is 492 g/mol. The molecule has 0 spiro atoms. The first kappa shape index (κ1) is 19.3. The van der Waals surface area contributed by atoms with Crippen LogP contribution in [0.5, 0.6) is 5.75 Å². The highest BCUT2D eigenvalue weighted by Crippen LogP contribution is 2.30. The zero-order valence-electron chi connectivity index (χ0n) is 14.1. The summed E-state index contributed by atoms with van der Waals surface area (Å²) >= 11 is 6.77. The van der Waals surface area contributed by atoms with Crippen LogP contribution in [0.2, 0.25) is 0 Å². The summed E-state index contributed by atoms with van der Waals surface area (Å²) in [5, 5.41) is 14.5. The molecule has 0 atom stereocenters. The molecule has 0 unspecified atom stereocenters. The van der Waals surface area contributed by atoms with Crippen molar-refractivity contribution >= 4 is 61.2 Å². The molecule has 8 heteroatoms. The second-order valence-corrected chi connectivity index (χ2v) is 7.54. The van der Waals surface area contributed by atoms with Crippen molar-refractivity contribution in [2.24, 2.45) is 5.10 Å². The second-order valence-electron chi connectivity index (χ2n) is 5.70. The molecule has 0 bridgehead atoms. The SMILES string of the molecule is CC1=NN(c2cccc(Br)c2)C(=O)/C1=C/c1cc(Br)ccc1OCC(=O)O. The molecule has 1 heterocycles. The number of nitrogens with zero attached hydrogens (tertiary/aromatic N) is 2. The Kier molecular flexibility index (Phi) is 5.76. The molecule has 0 fully saturated rings. The summed E-state index contributed by atoms with van der Waals surface area (Å²) in [6.45, 7) is 1.28. The normalized spacial score (nSPS) is 15.2. The molecule has 0 saturated carbocycles. The number of hydrogen-bond donors (Lipinski definition) is 1.